The zero-order valence-corrected chi connectivity index (χ0v) is 20.1. The number of piperidine rings is 1. The molecule has 7 nitrogen and oxygen atoms in total. The molecule has 1 aromatic carbocycles. The van der Waals surface area contributed by atoms with E-state index in [4.69, 9.17) is 4.74 Å². The Balaban J connectivity index is 1.68. The van der Waals surface area contributed by atoms with E-state index in [-0.39, 0.29) is 12.1 Å². The predicted molar refractivity (Wildman–Crippen MR) is 127 cm³/mol. The van der Waals surface area contributed by atoms with Gasteiger partial charge in [0, 0.05) is 52.4 Å². The Morgan fingerprint density at radius 3 is 2.48 bits per heavy atom. The normalized spacial score (nSPS) is 17.2. The third-order valence-electron chi connectivity index (χ3n) is 5.60. The van der Waals surface area contributed by atoms with E-state index < -0.39 is 5.60 Å². The fourth-order valence-electron chi connectivity index (χ4n) is 3.57. The maximum atomic E-state index is 12.2. The summed E-state index contributed by atoms with van der Waals surface area (Å²) in [4.78, 5) is 20.7. The van der Waals surface area contributed by atoms with Crippen LogP contribution < -0.4 is 10.6 Å². The topological polar surface area (TPSA) is 69.2 Å². The van der Waals surface area contributed by atoms with Crippen LogP contribution in [0.4, 0.5) is 4.79 Å². The number of ether oxygens (including phenoxy) is 1. The minimum atomic E-state index is -0.480. The van der Waals surface area contributed by atoms with Gasteiger partial charge in [-0.3, -0.25) is 9.89 Å². The smallest absolute Gasteiger partial charge is 0.410 e. The Morgan fingerprint density at radius 1 is 1.26 bits per heavy atom. The molecule has 1 fully saturated rings. The fraction of sp³-hybridized carbons (Fsp3) is 0.667. The molecule has 2 N–H and O–H groups in total. The second-order valence-electron chi connectivity index (χ2n) is 9.41. The fourth-order valence-corrected chi connectivity index (χ4v) is 3.57. The lowest BCUT2D eigenvalue weighted by Crippen LogP contribution is -2.49. The monoisotopic (exact) mass is 431 g/mol. The van der Waals surface area contributed by atoms with Gasteiger partial charge in [-0.25, -0.2) is 4.79 Å². The number of carbonyl (C=O) groups is 1. The van der Waals surface area contributed by atoms with Crippen LogP contribution in [0.1, 0.15) is 52.5 Å². The average Bonchev–Trinajstić information content (AvgIpc) is 2.73. The number of likely N-dealkylation sites (tertiary alicyclic amines) is 1. The quantitative estimate of drug-likeness (QED) is 0.511. The molecule has 0 saturated carbocycles. The number of hydrogen-bond acceptors (Lipinski definition) is 4. The van der Waals surface area contributed by atoms with Gasteiger partial charge < -0.3 is 20.3 Å². The van der Waals surface area contributed by atoms with E-state index in [0.29, 0.717) is 6.04 Å². The molecule has 1 atom stereocenters. The second kappa shape index (κ2) is 11.9. The Kier molecular flexibility index (Phi) is 9.62. The molecule has 0 bridgehead atoms. The molecule has 1 unspecified atom stereocenters. The van der Waals surface area contributed by atoms with E-state index in [1.165, 1.54) is 5.56 Å². The molecule has 7 heteroatoms. The van der Waals surface area contributed by atoms with Gasteiger partial charge in [0.1, 0.15) is 5.60 Å². The van der Waals surface area contributed by atoms with Crippen LogP contribution in [0.15, 0.2) is 35.3 Å². The van der Waals surface area contributed by atoms with E-state index in [9.17, 15) is 4.79 Å². The summed E-state index contributed by atoms with van der Waals surface area (Å²) in [5, 5.41) is 6.94. The zero-order chi connectivity index (χ0) is 22.9. The minimum Gasteiger partial charge on any atom is -0.444 e. The van der Waals surface area contributed by atoms with Crippen molar-refractivity contribution in [3.8, 4) is 0 Å². The molecule has 0 aromatic heterocycles. The molecular formula is C24H41N5O2. The van der Waals surface area contributed by atoms with Crippen LogP contribution in [0, 0.1) is 0 Å². The Bertz CT molecular complexity index is 694. The van der Waals surface area contributed by atoms with E-state index in [1.807, 2.05) is 27.7 Å². The first-order valence-corrected chi connectivity index (χ1v) is 11.4. The molecular weight excluding hydrogens is 390 g/mol. The third kappa shape index (κ3) is 9.17. The molecule has 31 heavy (non-hydrogen) atoms. The van der Waals surface area contributed by atoms with Crippen LogP contribution >= 0.6 is 0 Å². The first-order chi connectivity index (χ1) is 14.7. The number of carbonyl (C=O) groups excluding carboxylic acids is 1. The number of benzene rings is 1. The summed E-state index contributed by atoms with van der Waals surface area (Å²) in [5.74, 6) is 0.827. The Morgan fingerprint density at radius 2 is 1.90 bits per heavy atom. The van der Waals surface area contributed by atoms with Crippen LogP contribution in [-0.4, -0.2) is 73.3 Å². The summed E-state index contributed by atoms with van der Waals surface area (Å²) in [6.07, 6.45) is 2.73. The lowest BCUT2D eigenvalue weighted by molar-refractivity contribution is 0.0230. The standard InChI is InChI=1S/C24H41N5O2/c1-19(28(6)23(30)31-24(2,3)4)12-15-26-22(25-5)27-21-13-16-29(17-14-21)18-20-10-8-7-9-11-20/h7-11,19,21H,12-18H2,1-6H3,(H2,25,26,27). The second-order valence-corrected chi connectivity index (χ2v) is 9.41. The lowest BCUT2D eigenvalue weighted by atomic mass is 10.0. The van der Waals surface area contributed by atoms with Gasteiger partial charge in [0.15, 0.2) is 5.96 Å². The highest BCUT2D eigenvalue weighted by Gasteiger charge is 2.23. The third-order valence-corrected chi connectivity index (χ3v) is 5.60. The molecule has 1 saturated heterocycles. The van der Waals surface area contributed by atoms with E-state index >= 15 is 0 Å². The molecule has 2 rings (SSSR count). The van der Waals surface area contributed by atoms with Gasteiger partial charge in [0.2, 0.25) is 0 Å². The van der Waals surface area contributed by atoms with Gasteiger partial charge >= 0.3 is 6.09 Å². The van der Waals surface area contributed by atoms with Crippen LogP contribution in [-0.2, 0) is 11.3 Å². The number of hydrogen-bond donors (Lipinski definition) is 2. The maximum absolute atomic E-state index is 12.2. The molecule has 1 heterocycles. The maximum Gasteiger partial charge on any atom is 0.410 e. The van der Waals surface area contributed by atoms with Crippen molar-refractivity contribution in [2.24, 2.45) is 4.99 Å². The van der Waals surface area contributed by atoms with E-state index in [0.717, 1.165) is 51.4 Å². The average molecular weight is 432 g/mol. The number of nitrogens with one attached hydrogen (secondary N) is 2. The first kappa shape index (κ1) is 25.0. The number of aliphatic imine (C=N–C) groups is 1. The van der Waals surface area contributed by atoms with Crippen molar-refractivity contribution in [2.75, 3.05) is 33.7 Å². The largest absolute Gasteiger partial charge is 0.444 e. The molecule has 1 aromatic rings. The van der Waals surface area contributed by atoms with Crippen LogP contribution in [0.25, 0.3) is 0 Å². The SMILES string of the molecule is CN=C(NCCC(C)N(C)C(=O)OC(C)(C)C)NC1CCN(Cc2ccccc2)CC1. The van der Waals surface area contributed by atoms with Gasteiger partial charge in [-0.15, -0.1) is 0 Å². The van der Waals surface area contributed by atoms with Crippen molar-refractivity contribution in [2.45, 2.75) is 71.2 Å². The summed E-state index contributed by atoms with van der Waals surface area (Å²) < 4.78 is 5.44. The molecule has 0 spiro atoms. The van der Waals surface area contributed by atoms with Gasteiger partial charge in [-0.2, -0.15) is 0 Å². The number of guanidine groups is 1. The zero-order valence-electron chi connectivity index (χ0n) is 20.1. The van der Waals surface area contributed by atoms with Gasteiger partial charge in [0.25, 0.3) is 0 Å². The summed E-state index contributed by atoms with van der Waals surface area (Å²) >= 11 is 0. The molecule has 0 aliphatic carbocycles. The van der Waals surface area contributed by atoms with Crippen LogP contribution in [0.5, 0.6) is 0 Å². The molecule has 1 aliphatic heterocycles. The summed E-state index contributed by atoms with van der Waals surface area (Å²) in [7, 11) is 3.59. The van der Waals surface area contributed by atoms with Crippen molar-refractivity contribution >= 4 is 12.1 Å². The highest BCUT2D eigenvalue weighted by atomic mass is 16.6. The lowest BCUT2D eigenvalue weighted by Gasteiger charge is -2.33. The van der Waals surface area contributed by atoms with Crippen molar-refractivity contribution in [3.63, 3.8) is 0 Å². The minimum absolute atomic E-state index is 0.0710. The number of amides is 1. The van der Waals surface area contributed by atoms with Crippen molar-refractivity contribution in [3.05, 3.63) is 35.9 Å². The summed E-state index contributed by atoms with van der Waals surface area (Å²) in [6.45, 7) is 11.6. The summed E-state index contributed by atoms with van der Waals surface area (Å²) in [5.41, 5.74) is 0.892. The Hall–Kier alpha value is -2.28. The van der Waals surface area contributed by atoms with Crippen molar-refractivity contribution in [1.82, 2.24) is 20.4 Å². The van der Waals surface area contributed by atoms with E-state index in [1.54, 1.807) is 19.0 Å². The van der Waals surface area contributed by atoms with Gasteiger partial charge in [-0.05, 0) is 52.5 Å². The van der Waals surface area contributed by atoms with Crippen molar-refractivity contribution in [1.29, 1.82) is 0 Å². The summed E-state index contributed by atoms with van der Waals surface area (Å²) in [6, 6.07) is 11.2. The van der Waals surface area contributed by atoms with Crippen molar-refractivity contribution < 1.29 is 9.53 Å². The molecule has 174 valence electrons. The van der Waals surface area contributed by atoms with Crippen LogP contribution in [0.3, 0.4) is 0 Å². The number of nitrogens with zero attached hydrogens (tertiary/aromatic N) is 3. The van der Waals surface area contributed by atoms with E-state index in [2.05, 4.69) is 50.9 Å². The highest BCUT2D eigenvalue weighted by molar-refractivity contribution is 5.79. The predicted octanol–water partition coefficient (Wildman–Crippen LogP) is 3.46. The molecule has 1 amide bonds. The molecule has 0 radical (unpaired) electrons. The Labute approximate surface area is 188 Å². The van der Waals surface area contributed by atoms with Gasteiger partial charge in [-0.1, -0.05) is 30.3 Å². The van der Waals surface area contributed by atoms with Crippen LogP contribution in [0.2, 0.25) is 0 Å². The first-order valence-electron chi connectivity index (χ1n) is 11.4. The number of rotatable bonds is 7. The molecule has 1 aliphatic rings. The van der Waals surface area contributed by atoms with Gasteiger partial charge in [0.05, 0.1) is 0 Å². The highest BCUT2D eigenvalue weighted by Crippen LogP contribution is 2.14.